The first-order chi connectivity index (χ1) is 13.2. The molecule has 9 heteroatoms. The quantitative estimate of drug-likeness (QED) is 0.396. The molecule has 0 aliphatic heterocycles. The lowest BCUT2D eigenvalue weighted by Crippen LogP contribution is -2.17. The SMILES string of the molecule is COc1cc(Br)cc(CNCCSc2nnnn2-c2ccccc2)c1OC. The minimum Gasteiger partial charge on any atom is -0.493 e. The molecular weight excluding hydrogens is 430 g/mol. The third-order valence-corrected chi connectivity index (χ3v) is 5.17. The number of benzene rings is 2. The molecule has 7 nitrogen and oxygen atoms in total. The standard InChI is InChI=1S/C18H20BrN5O2S/c1-25-16-11-14(19)10-13(17(16)26-2)12-20-8-9-27-18-21-22-23-24(18)15-6-4-3-5-7-15/h3-7,10-11,20H,8-9,12H2,1-2H3. The first-order valence-corrected chi connectivity index (χ1v) is 10.1. The van der Waals surface area contributed by atoms with Gasteiger partial charge >= 0.3 is 0 Å². The number of halogens is 1. The zero-order valence-electron chi connectivity index (χ0n) is 15.1. The number of rotatable bonds is 9. The zero-order chi connectivity index (χ0) is 19.1. The van der Waals surface area contributed by atoms with Gasteiger partial charge in [0.1, 0.15) is 0 Å². The second-order valence-electron chi connectivity index (χ2n) is 5.53. The van der Waals surface area contributed by atoms with Crippen LogP contribution in [-0.4, -0.2) is 46.7 Å². The Morgan fingerprint density at radius 2 is 1.96 bits per heavy atom. The number of methoxy groups -OCH3 is 2. The summed E-state index contributed by atoms with van der Waals surface area (Å²) in [7, 11) is 3.28. The van der Waals surface area contributed by atoms with Crippen molar-refractivity contribution in [1.29, 1.82) is 0 Å². The van der Waals surface area contributed by atoms with Gasteiger partial charge in [-0.3, -0.25) is 0 Å². The van der Waals surface area contributed by atoms with Crippen LogP contribution in [0.5, 0.6) is 11.5 Å². The summed E-state index contributed by atoms with van der Waals surface area (Å²) < 4.78 is 13.6. The van der Waals surface area contributed by atoms with Gasteiger partial charge in [0.25, 0.3) is 0 Å². The van der Waals surface area contributed by atoms with Crippen LogP contribution in [0.1, 0.15) is 5.56 Å². The lowest BCUT2D eigenvalue weighted by molar-refractivity contribution is 0.350. The second-order valence-corrected chi connectivity index (χ2v) is 7.51. The van der Waals surface area contributed by atoms with Gasteiger partial charge in [0.15, 0.2) is 11.5 Å². The number of aromatic nitrogens is 4. The van der Waals surface area contributed by atoms with Crippen LogP contribution in [0.4, 0.5) is 0 Å². The molecule has 142 valence electrons. The van der Waals surface area contributed by atoms with E-state index in [9.17, 15) is 0 Å². The Morgan fingerprint density at radius 1 is 1.15 bits per heavy atom. The molecule has 0 spiro atoms. The highest BCUT2D eigenvalue weighted by molar-refractivity contribution is 9.10. The van der Waals surface area contributed by atoms with Crippen LogP contribution in [0.2, 0.25) is 0 Å². The van der Waals surface area contributed by atoms with Gasteiger partial charge in [0.2, 0.25) is 5.16 Å². The fraction of sp³-hybridized carbons (Fsp3) is 0.278. The summed E-state index contributed by atoms with van der Waals surface area (Å²) in [5, 5.41) is 16.1. The number of nitrogens with one attached hydrogen (secondary N) is 1. The average molecular weight is 450 g/mol. The molecular formula is C18H20BrN5O2S. The van der Waals surface area contributed by atoms with Crippen molar-refractivity contribution in [3.05, 3.63) is 52.5 Å². The highest BCUT2D eigenvalue weighted by Gasteiger charge is 2.12. The summed E-state index contributed by atoms with van der Waals surface area (Å²) in [6, 6.07) is 13.8. The minimum absolute atomic E-state index is 0.670. The molecule has 1 heterocycles. The summed E-state index contributed by atoms with van der Waals surface area (Å²) in [5.41, 5.74) is 1.98. The fourth-order valence-electron chi connectivity index (χ4n) is 2.58. The van der Waals surface area contributed by atoms with Crippen molar-refractivity contribution in [3.8, 4) is 17.2 Å². The van der Waals surface area contributed by atoms with Gasteiger partial charge in [-0.1, -0.05) is 45.9 Å². The Labute approximate surface area is 170 Å². The summed E-state index contributed by atoms with van der Waals surface area (Å²) in [4.78, 5) is 0. The van der Waals surface area contributed by atoms with Gasteiger partial charge in [-0.05, 0) is 34.7 Å². The lowest BCUT2D eigenvalue weighted by Gasteiger charge is -2.14. The van der Waals surface area contributed by atoms with Crippen molar-refractivity contribution in [2.45, 2.75) is 11.7 Å². The predicted octanol–water partition coefficient (Wildman–Crippen LogP) is 3.32. The van der Waals surface area contributed by atoms with Crippen molar-refractivity contribution in [2.24, 2.45) is 0 Å². The van der Waals surface area contributed by atoms with Crippen molar-refractivity contribution in [2.75, 3.05) is 26.5 Å². The molecule has 1 aromatic heterocycles. The molecule has 0 atom stereocenters. The van der Waals surface area contributed by atoms with Gasteiger partial charge in [-0.15, -0.1) is 5.10 Å². The van der Waals surface area contributed by atoms with Crippen LogP contribution >= 0.6 is 27.7 Å². The van der Waals surface area contributed by atoms with Crippen LogP contribution in [0.3, 0.4) is 0 Å². The maximum absolute atomic E-state index is 5.48. The van der Waals surface area contributed by atoms with E-state index in [1.807, 2.05) is 42.5 Å². The number of tetrazole rings is 1. The molecule has 3 aromatic rings. The molecule has 0 bridgehead atoms. The van der Waals surface area contributed by atoms with Gasteiger partial charge in [0, 0.05) is 28.9 Å². The third-order valence-electron chi connectivity index (χ3n) is 3.79. The summed E-state index contributed by atoms with van der Waals surface area (Å²) in [6.07, 6.45) is 0. The average Bonchev–Trinajstić information content (AvgIpc) is 3.16. The van der Waals surface area contributed by atoms with Crippen LogP contribution in [-0.2, 0) is 6.54 Å². The Morgan fingerprint density at radius 3 is 2.70 bits per heavy atom. The van der Waals surface area contributed by atoms with E-state index in [4.69, 9.17) is 9.47 Å². The van der Waals surface area contributed by atoms with Crippen LogP contribution < -0.4 is 14.8 Å². The molecule has 0 fully saturated rings. The van der Waals surface area contributed by atoms with E-state index in [1.54, 1.807) is 30.7 Å². The van der Waals surface area contributed by atoms with Crippen LogP contribution in [0, 0.1) is 0 Å². The Hall–Kier alpha value is -2.10. The van der Waals surface area contributed by atoms with Crippen molar-refractivity contribution < 1.29 is 9.47 Å². The smallest absolute Gasteiger partial charge is 0.214 e. The number of hydrogen-bond acceptors (Lipinski definition) is 7. The van der Waals surface area contributed by atoms with Crippen molar-refractivity contribution in [1.82, 2.24) is 25.5 Å². The molecule has 2 aromatic carbocycles. The number of hydrogen-bond donors (Lipinski definition) is 1. The molecule has 0 aliphatic rings. The van der Waals surface area contributed by atoms with Gasteiger partial charge < -0.3 is 14.8 Å². The Kier molecular flexibility index (Phi) is 7.08. The van der Waals surface area contributed by atoms with Crippen LogP contribution in [0.15, 0.2) is 52.1 Å². The highest BCUT2D eigenvalue weighted by atomic mass is 79.9. The van der Waals surface area contributed by atoms with Crippen molar-refractivity contribution >= 4 is 27.7 Å². The number of thioether (sulfide) groups is 1. The molecule has 0 saturated heterocycles. The minimum atomic E-state index is 0.670. The molecule has 0 saturated carbocycles. The Bertz CT molecular complexity index is 875. The van der Waals surface area contributed by atoms with Gasteiger partial charge in [-0.2, -0.15) is 4.68 Å². The molecule has 0 radical (unpaired) electrons. The first kappa shape index (κ1) is 19.7. The summed E-state index contributed by atoms with van der Waals surface area (Å²) in [5.74, 6) is 2.29. The molecule has 0 unspecified atom stereocenters. The van der Waals surface area contributed by atoms with E-state index >= 15 is 0 Å². The predicted molar refractivity (Wildman–Crippen MR) is 109 cm³/mol. The second kappa shape index (κ2) is 9.72. The molecule has 1 N–H and O–H groups in total. The van der Waals surface area contributed by atoms with E-state index in [0.29, 0.717) is 12.3 Å². The Balaban J connectivity index is 1.54. The van der Waals surface area contributed by atoms with E-state index in [2.05, 4.69) is 36.8 Å². The topological polar surface area (TPSA) is 74.1 Å². The largest absolute Gasteiger partial charge is 0.493 e. The van der Waals surface area contributed by atoms with Crippen LogP contribution in [0.25, 0.3) is 5.69 Å². The first-order valence-electron chi connectivity index (χ1n) is 8.30. The fourth-order valence-corrected chi connectivity index (χ4v) is 3.85. The zero-order valence-corrected chi connectivity index (χ0v) is 17.5. The normalized spacial score (nSPS) is 10.8. The monoisotopic (exact) mass is 449 g/mol. The molecule has 3 rings (SSSR count). The maximum Gasteiger partial charge on any atom is 0.214 e. The number of nitrogens with zero attached hydrogens (tertiary/aromatic N) is 4. The molecule has 27 heavy (non-hydrogen) atoms. The third kappa shape index (κ3) is 5.00. The van der Waals surface area contributed by atoms with Gasteiger partial charge in [-0.25, -0.2) is 0 Å². The lowest BCUT2D eigenvalue weighted by atomic mass is 10.2. The maximum atomic E-state index is 5.48. The van der Waals surface area contributed by atoms with E-state index in [-0.39, 0.29) is 0 Å². The molecule has 0 aliphatic carbocycles. The highest BCUT2D eigenvalue weighted by Crippen LogP contribution is 2.34. The number of ether oxygens (including phenoxy) is 2. The van der Waals surface area contributed by atoms with E-state index in [0.717, 1.165) is 38.9 Å². The van der Waals surface area contributed by atoms with Gasteiger partial charge in [0.05, 0.1) is 19.9 Å². The summed E-state index contributed by atoms with van der Waals surface area (Å²) >= 11 is 5.11. The number of para-hydroxylation sites is 1. The summed E-state index contributed by atoms with van der Waals surface area (Å²) in [6.45, 7) is 1.47. The molecule has 0 amide bonds. The van der Waals surface area contributed by atoms with Crippen molar-refractivity contribution in [3.63, 3.8) is 0 Å². The van der Waals surface area contributed by atoms with E-state index < -0.39 is 0 Å². The van der Waals surface area contributed by atoms with E-state index in [1.165, 1.54) is 0 Å².